The van der Waals surface area contributed by atoms with Crippen LogP contribution in [0.3, 0.4) is 0 Å². The molecule has 4 rings (SSSR count). The van der Waals surface area contributed by atoms with Crippen LogP contribution < -0.4 is 10.2 Å². The van der Waals surface area contributed by atoms with E-state index in [1.165, 1.54) is 11.0 Å². The van der Waals surface area contributed by atoms with Crippen LogP contribution in [0.5, 0.6) is 0 Å². The second-order valence-electron chi connectivity index (χ2n) is 8.37. The van der Waals surface area contributed by atoms with E-state index < -0.39 is 41.7 Å². The lowest BCUT2D eigenvalue weighted by atomic mass is 9.92. The third-order valence-electron chi connectivity index (χ3n) is 6.14. The van der Waals surface area contributed by atoms with Crippen LogP contribution in [0.4, 0.5) is 23.7 Å². The summed E-state index contributed by atoms with van der Waals surface area (Å²) in [5.41, 5.74) is -1.15. The van der Waals surface area contributed by atoms with Gasteiger partial charge in [0.2, 0.25) is 5.91 Å². The molecule has 180 valence electrons. The molecule has 1 N–H and O–H groups in total. The van der Waals surface area contributed by atoms with Crippen molar-refractivity contribution in [1.82, 2.24) is 15.1 Å². The Kier molecular flexibility index (Phi) is 6.20. The molecule has 11 heteroatoms. The summed E-state index contributed by atoms with van der Waals surface area (Å²) in [6, 6.07) is 10.9. The molecule has 34 heavy (non-hydrogen) atoms. The van der Waals surface area contributed by atoms with Gasteiger partial charge in [0.1, 0.15) is 12.1 Å². The minimum Gasteiger partial charge on any atom is -0.368 e. The Labute approximate surface area is 199 Å². The Morgan fingerprint density at radius 2 is 1.74 bits per heavy atom. The first kappa shape index (κ1) is 23.9. The minimum absolute atomic E-state index is 0.254. The van der Waals surface area contributed by atoms with Crippen LogP contribution in [0.15, 0.2) is 48.5 Å². The monoisotopic (exact) mass is 494 g/mol. The number of rotatable bonds is 4. The van der Waals surface area contributed by atoms with Gasteiger partial charge in [-0.3, -0.25) is 14.5 Å². The molecule has 7 nitrogen and oxygen atoms in total. The molecule has 1 unspecified atom stereocenters. The van der Waals surface area contributed by atoms with E-state index in [4.69, 9.17) is 11.6 Å². The number of halogens is 4. The van der Waals surface area contributed by atoms with E-state index in [9.17, 15) is 27.6 Å². The van der Waals surface area contributed by atoms with E-state index >= 15 is 0 Å². The molecular weight excluding hydrogens is 473 g/mol. The predicted molar refractivity (Wildman–Crippen MR) is 119 cm³/mol. The molecule has 0 bridgehead atoms. The van der Waals surface area contributed by atoms with Gasteiger partial charge in [0, 0.05) is 36.9 Å². The van der Waals surface area contributed by atoms with Gasteiger partial charge in [-0.15, -0.1) is 0 Å². The Bertz CT molecular complexity index is 1130. The summed E-state index contributed by atoms with van der Waals surface area (Å²) in [6.07, 6.45) is -4.43. The Balaban J connectivity index is 1.39. The fourth-order valence-corrected chi connectivity index (χ4v) is 4.35. The number of nitrogens with zero attached hydrogens (tertiary/aromatic N) is 3. The zero-order valence-electron chi connectivity index (χ0n) is 18.2. The highest BCUT2D eigenvalue weighted by Gasteiger charge is 2.49. The summed E-state index contributed by atoms with van der Waals surface area (Å²) in [6.45, 7) is 2.29. The SMILES string of the molecule is CC1(c2cccc(Cl)c2)NC(=O)N(CC(=O)N2CCN(c3cccc(C(F)(F)F)c3)CC2)C1=O. The van der Waals surface area contributed by atoms with Crippen LogP contribution in [0, 0.1) is 0 Å². The molecule has 2 aromatic rings. The van der Waals surface area contributed by atoms with E-state index in [0.29, 0.717) is 29.4 Å². The number of urea groups is 1. The van der Waals surface area contributed by atoms with E-state index in [-0.39, 0.29) is 13.1 Å². The molecule has 2 aliphatic heterocycles. The van der Waals surface area contributed by atoms with Crippen LogP contribution in [-0.4, -0.2) is 60.4 Å². The second-order valence-corrected chi connectivity index (χ2v) is 8.81. The highest BCUT2D eigenvalue weighted by molar-refractivity contribution is 6.30. The number of hydrogen-bond acceptors (Lipinski definition) is 4. The van der Waals surface area contributed by atoms with Crippen molar-refractivity contribution in [3.05, 3.63) is 64.7 Å². The molecule has 0 saturated carbocycles. The van der Waals surface area contributed by atoms with Gasteiger partial charge in [-0.1, -0.05) is 29.8 Å². The summed E-state index contributed by atoms with van der Waals surface area (Å²) < 4.78 is 39.0. The van der Waals surface area contributed by atoms with Crippen LogP contribution in [0.2, 0.25) is 5.02 Å². The Morgan fingerprint density at radius 1 is 1.06 bits per heavy atom. The van der Waals surface area contributed by atoms with Crippen molar-refractivity contribution in [3.63, 3.8) is 0 Å². The van der Waals surface area contributed by atoms with Crippen LogP contribution in [0.25, 0.3) is 0 Å². The van der Waals surface area contributed by atoms with E-state index in [0.717, 1.165) is 17.0 Å². The molecule has 2 aliphatic rings. The fraction of sp³-hybridized carbons (Fsp3) is 0.348. The zero-order valence-corrected chi connectivity index (χ0v) is 19.0. The second kappa shape index (κ2) is 8.83. The number of benzene rings is 2. The van der Waals surface area contributed by atoms with Crippen molar-refractivity contribution in [2.45, 2.75) is 18.6 Å². The van der Waals surface area contributed by atoms with Gasteiger partial charge in [0.05, 0.1) is 5.56 Å². The largest absolute Gasteiger partial charge is 0.416 e. The molecular formula is C23H22ClF3N4O3. The number of imide groups is 1. The third kappa shape index (κ3) is 4.54. The van der Waals surface area contributed by atoms with Crippen molar-refractivity contribution in [3.8, 4) is 0 Å². The van der Waals surface area contributed by atoms with Gasteiger partial charge < -0.3 is 15.1 Å². The standard InChI is InChI=1S/C23H22ClF3N4O3/c1-22(15-4-2-6-17(24)12-15)20(33)31(21(34)28-22)14-19(32)30-10-8-29(9-11-30)18-7-3-5-16(13-18)23(25,26)27/h2-7,12-13H,8-11,14H2,1H3,(H,28,34). The first-order chi connectivity index (χ1) is 16.0. The van der Waals surface area contributed by atoms with Crippen molar-refractivity contribution < 1.29 is 27.6 Å². The maximum Gasteiger partial charge on any atom is 0.416 e. The number of alkyl halides is 3. The topological polar surface area (TPSA) is 73.0 Å². The highest BCUT2D eigenvalue weighted by atomic mass is 35.5. The number of carbonyl (C=O) groups excluding carboxylic acids is 3. The number of hydrogen-bond donors (Lipinski definition) is 1. The number of carbonyl (C=O) groups is 3. The third-order valence-corrected chi connectivity index (χ3v) is 6.38. The van der Waals surface area contributed by atoms with Crippen LogP contribution >= 0.6 is 11.6 Å². The van der Waals surface area contributed by atoms with Gasteiger partial charge in [-0.2, -0.15) is 13.2 Å². The molecule has 1 atom stereocenters. The molecule has 2 saturated heterocycles. The zero-order chi connectivity index (χ0) is 24.7. The molecule has 2 fully saturated rings. The molecule has 2 aromatic carbocycles. The van der Waals surface area contributed by atoms with Gasteiger partial charge in [-0.25, -0.2) is 4.79 Å². The van der Waals surface area contributed by atoms with Crippen LogP contribution in [0.1, 0.15) is 18.1 Å². The van der Waals surface area contributed by atoms with Crippen molar-refractivity contribution in [2.75, 3.05) is 37.6 Å². The minimum atomic E-state index is -4.43. The van der Waals surface area contributed by atoms with Crippen molar-refractivity contribution in [1.29, 1.82) is 0 Å². The average Bonchev–Trinajstić information content (AvgIpc) is 3.02. The number of anilines is 1. The maximum atomic E-state index is 13.0. The van der Waals surface area contributed by atoms with Crippen molar-refractivity contribution >= 4 is 35.1 Å². The molecule has 2 heterocycles. The summed E-state index contributed by atoms with van der Waals surface area (Å²) in [5.74, 6) is -0.974. The lowest BCUT2D eigenvalue weighted by Crippen LogP contribution is -2.52. The first-order valence-electron chi connectivity index (χ1n) is 10.6. The Hall–Kier alpha value is -3.27. The molecule has 0 aromatic heterocycles. The highest BCUT2D eigenvalue weighted by Crippen LogP contribution is 2.32. The molecule has 4 amide bonds. The first-order valence-corrected chi connectivity index (χ1v) is 11.0. The van der Waals surface area contributed by atoms with Crippen LogP contribution in [-0.2, 0) is 21.3 Å². The molecule has 0 radical (unpaired) electrons. The number of nitrogens with one attached hydrogen (secondary N) is 1. The fourth-order valence-electron chi connectivity index (χ4n) is 4.16. The van der Waals surface area contributed by atoms with Gasteiger partial charge in [-0.05, 0) is 42.8 Å². The number of piperazine rings is 1. The molecule has 0 aliphatic carbocycles. The summed E-state index contributed by atoms with van der Waals surface area (Å²) in [7, 11) is 0. The summed E-state index contributed by atoms with van der Waals surface area (Å²) >= 11 is 6.02. The lowest BCUT2D eigenvalue weighted by molar-refractivity contribution is -0.139. The predicted octanol–water partition coefficient (Wildman–Crippen LogP) is 3.47. The quantitative estimate of drug-likeness (QED) is 0.661. The van der Waals surface area contributed by atoms with E-state index in [2.05, 4.69) is 5.32 Å². The van der Waals surface area contributed by atoms with E-state index in [1.54, 1.807) is 42.2 Å². The van der Waals surface area contributed by atoms with Gasteiger partial charge in [0.15, 0.2) is 0 Å². The van der Waals surface area contributed by atoms with Crippen molar-refractivity contribution in [2.24, 2.45) is 0 Å². The maximum absolute atomic E-state index is 13.0. The lowest BCUT2D eigenvalue weighted by Gasteiger charge is -2.36. The van der Waals surface area contributed by atoms with Gasteiger partial charge in [0.25, 0.3) is 5.91 Å². The average molecular weight is 495 g/mol. The Morgan fingerprint density at radius 3 is 2.38 bits per heavy atom. The number of amides is 4. The van der Waals surface area contributed by atoms with Gasteiger partial charge >= 0.3 is 12.2 Å². The normalized spacial score (nSPS) is 21.1. The summed E-state index contributed by atoms with van der Waals surface area (Å²) in [4.78, 5) is 42.5. The summed E-state index contributed by atoms with van der Waals surface area (Å²) in [5, 5.41) is 3.05. The molecule has 0 spiro atoms. The van der Waals surface area contributed by atoms with E-state index in [1.807, 2.05) is 0 Å². The smallest absolute Gasteiger partial charge is 0.368 e.